The van der Waals surface area contributed by atoms with Gasteiger partial charge < -0.3 is 10.1 Å². The molecule has 5 heteroatoms. The first kappa shape index (κ1) is 16.0. The predicted molar refractivity (Wildman–Crippen MR) is 83.7 cm³/mol. The predicted octanol–water partition coefficient (Wildman–Crippen LogP) is 3.09. The first-order valence-corrected chi connectivity index (χ1v) is 8.22. The maximum absolute atomic E-state index is 12.2. The van der Waals surface area contributed by atoms with Crippen molar-refractivity contribution < 1.29 is 14.3 Å². The van der Waals surface area contributed by atoms with Gasteiger partial charge in [0, 0.05) is 10.4 Å². The molecular weight excluding hydrogens is 286 g/mol. The van der Waals surface area contributed by atoms with Crippen LogP contribution in [0.4, 0.5) is 0 Å². The van der Waals surface area contributed by atoms with Gasteiger partial charge in [0.1, 0.15) is 4.88 Å². The molecule has 0 aromatic carbocycles. The standard InChI is InChI=1S/C16H23NO3S/c1-10(14(18)17-16(2,3)4)20-15(19)13-9-11-7-5-6-8-12(11)21-13/h9-10H,5-8H2,1-4H3,(H,17,18)/t10-/m1/s1. The number of hydrogen-bond donors (Lipinski definition) is 1. The van der Waals surface area contributed by atoms with Crippen LogP contribution in [0.5, 0.6) is 0 Å². The number of carbonyl (C=O) groups is 2. The van der Waals surface area contributed by atoms with Gasteiger partial charge in [0.2, 0.25) is 0 Å². The SMILES string of the molecule is C[C@@H](OC(=O)c1cc2c(s1)CCCC2)C(=O)NC(C)(C)C. The normalized spacial score (nSPS) is 16.0. The zero-order valence-electron chi connectivity index (χ0n) is 13.1. The first-order chi connectivity index (χ1) is 9.76. The van der Waals surface area contributed by atoms with Crippen LogP contribution in [0.15, 0.2) is 6.07 Å². The molecule has 1 N–H and O–H groups in total. The van der Waals surface area contributed by atoms with Crippen molar-refractivity contribution >= 4 is 23.2 Å². The highest BCUT2D eigenvalue weighted by molar-refractivity contribution is 7.14. The molecular formula is C16H23NO3S. The quantitative estimate of drug-likeness (QED) is 0.873. The van der Waals surface area contributed by atoms with Gasteiger partial charge >= 0.3 is 5.97 Å². The molecule has 0 unspecified atom stereocenters. The number of carbonyl (C=O) groups excluding carboxylic acids is 2. The molecule has 4 nitrogen and oxygen atoms in total. The van der Waals surface area contributed by atoms with Crippen molar-refractivity contribution in [2.75, 3.05) is 0 Å². The van der Waals surface area contributed by atoms with Crippen LogP contribution >= 0.6 is 11.3 Å². The Morgan fingerprint density at radius 1 is 1.29 bits per heavy atom. The van der Waals surface area contributed by atoms with Crippen molar-refractivity contribution in [2.45, 2.75) is 65.0 Å². The summed E-state index contributed by atoms with van der Waals surface area (Å²) in [5.74, 6) is -0.664. The van der Waals surface area contributed by atoms with E-state index in [0.29, 0.717) is 4.88 Å². The van der Waals surface area contributed by atoms with Gasteiger partial charge in [-0.05, 0) is 65.0 Å². The van der Waals surface area contributed by atoms with E-state index in [-0.39, 0.29) is 11.4 Å². The monoisotopic (exact) mass is 309 g/mol. The average Bonchev–Trinajstić information content (AvgIpc) is 2.80. The number of thiophene rings is 1. The molecule has 1 heterocycles. The molecule has 2 rings (SSSR count). The summed E-state index contributed by atoms with van der Waals surface area (Å²) in [5, 5.41) is 2.81. The number of fused-ring (bicyclic) bond motifs is 1. The van der Waals surface area contributed by atoms with E-state index in [0.717, 1.165) is 12.8 Å². The maximum Gasteiger partial charge on any atom is 0.349 e. The van der Waals surface area contributed by atoms with E-state index in [9.17, 15) is 9.59 Å². The second-order valence-corrected chi connectivity index (χ2v) is 7.69. The number of hydrogen-bond acceptors (Lipinski definition) is 4. The number of amides is 1. The Kier molecular flexibility index (Phi) is 4.71. The molecule has 116 valence electrons. The van der Waals surface area contributed by atoms with Crippen LogP contribution in [-0.2, 0) is 22.4 Å². The lowest BCUT2D eigenvalue weighted by atomic mass is 9.99. The Labute approximate surface area is 129 Å². The Bertz CT molecular complexity index is 519. The van der Waals surface area contributed by atoms with E-state index in [1.54, 1.807) is 6.92 Å². The molecule has 0 saturated carbocycles. The minimum Gasteiger partial charge on any atom is -0.448 e. The number of ether oxygens (including phenoxy) is 1. The van der Waals surface area contributed by atoms with E-state index in [1.165, 1.54) is 34.6 Å². The summed E-state index contributed by atoms with van der Waals surface area (Å²) < 4.78 is 5.28. The minimum absolute atomic E-state index is 0.267. The van der Waals surface area contributed by atoms with Crippen LogP contribution in [0.1, 0.15) is 60.6 Å². The minimum atomic E-state index is -0.782. The lowest BCUT2D eigenvalue weighted by Gasteiger charge is -2.23. The van der Waals surface area contributed by atoms with Gasteiger partial charge in [-0.15, -0.1) is 11.3 Å². The van der Waals surface area contributed by atoms with Crippen LogP contribution in [0.25, 0.3) is 0 Å². The highest BCUT2D eigenvalue weighted by Crippen LogP contribution is 2.30. The summed E-state index contributed by atoms with van der Waals surface area (Å²) in [7, 11) is 0. The Hall–Kier alpha value is -1.36. The third-order valence-electron chi connectivity index (χ3n) is 3.35. The van der Waals surface area contributed by atoms with Gasteiger partial charge in [-0.3, -0.25) is 4.79 Å². The van der Waals surface area contributed by atoms with Crippen LogP contribution in [0.3, 0.4) is 0 Å². The van der Waals surface area contributed by atoms with Crippen LogP contribution < -0.4 is 5.32 Å². The van der Waals surface area contributed by atoms with Gasteiger partial charge in [0.15, 0.2) is 6.10 Å². The molecule has 0 fully saturated rings. The maximum atomic E-state index is 12.2. The van der Waals surface area contributed by atoms with E-state index < -0.39 is 12.1 Å². The molecule has 0 bridgehead atoms. The van der Waals surface area contributed by atoms with Gasteiger partial charge in [0.25, 0.3) is 5.91 Å². The van der Waals surface area contributed by atoms with Crippen molar-refractivity contribution in [2.24, 2.45) is 0 Å². The average molecular weight is 309 g/mol. The molecule has 1 amide bonds. The molecule has 21 heavy (non-hydrogen) atoms. The topological polar surface area (TPSA) is 55.4 Å². The Balaban J connectivity index is 1.97. The second-order valence-electron chi connectivity index (χ2n) is 6.55. The molecule has 1 aliphatic rings. The number of rotatable bonds is 3. The van der Waals surface area contributed by atoms with Crippen LogP contribution in [0, 0.1) is 0 Å². The molecule has 1 aliphatic carbocycles. The lowest BCUT2D eigenvalue weighted by molar-refractivity contribution is -0.130. The zero-order valence-corrected chi connectivity index (χ0v) is 13.9. The summed E-state index contributed by atoms with van der Waals surface area (Å²) >= 11 is 1.50. The van der Waals surface area contributed by atoms with E-state index in [4.69, 9.17) is 4.74 Å². The van der Waals surface area contributed by atoms with Crippen LogP contribution in [0.2, 0.25) is 0 Å². The van der Waals surface area contributed by atoms with Gasteiger partial charge in [-0.1, -0.05) is 0 Å². The van der Waals surface area contributed by atoms with Crippen molar-refractivity contribution in [3.8, 4) is 0 Å². The molecule has 0 radical (unpaired) electrons. The van der Waals surface area contributed by atoms with Gasteiger partial charge in [-0.2, -0.15) is 0 Å². The summed E-state index contributed by atoms with van der Waals surface area (Å²) in [6.45, 7) is 7.29. The Morgan fingerprint density at radius 3 is 2.57 bits per heavy atom. The highest BCUT2D eigenvalue weighted by Gasteiger charge is 2.24. The van der Waals surface area contributed by atoms with Crippen molar-refractivity contribution in [3.05, 3.63) is 21.4 Å². The number of nitrogens with one attached hydrogen (secondary N) is 1. The highest BCUT2D eigenvalue weighted by atomic mass is 32.1. The molecule has 1 atom stereocenters. The van der Waals surface area contributed by atoms with Crippen molar-refractivity contribution in [1.29, 1.82) is 0 Å². The lowest BCUT2D eigenvalue weighted by Crippen LogP contribution is -2.46. The summed E-state index contributed by atoms with van der Waals surface area (Å²) in [4.78, 5) is 26.0. The summed E-state index contributed by atoms with van der Waals surface area (Å²) in [6, 6.07) is 1.93. The fraction of sp³-hybridized carbons (Fsp3) is 0.625. The molecule has 0 saturated heterocycles. The third kappa shape index (κ3) is 4.30. The van der Waals surface area contributed by atoms with E-state index in [1.807, 2.05) is 26.8 Å². The number of aryl methyl sites for hydroxylation is 2. The second kappa shape index (κ2) is 6.18. The third-order valence-corrected chi connectivity index (χ3v) is 4.57. The van der Waals surface area contributed by atoms with Gasteiger partial charge in [0.05, 0.1) is 0 Å². The fourth-order valence-corrected chi connectivity index (χ4v) is 3.47. The Morgan fingerprint density at radius 2 is 1.95 bits per heavy atom. The molecule has 1 aromatic heterocycles. The molecule has 0 aliphatic heterocycles. The zero-order chi connectivity index (χ0) is 15.6. The van der Waals surface area contributed by atoms with E-state index in [2.05, 4.69) is 5.32 Å². The molecule has 0 spiro atoms. The number of esters is 1. The van der Waals surface area contributed by atoms with Crippen molar-refractivity contribution in [3.63, 3.8) is 0 Å². The fourth-order valence-electron chi connectivity index (χ4n) is 2.33. The molecule has 1 aromatic rings. The largest absolute Gasteiger partial charge is 0.448 e. The smallest absolute Gasteiger partial charge is 0.349 e. The summed E-state index contributed by atoms with van der Waals surface area (Å²) in [5.41, 5.74) is 0.935. The van der Waals surface area contributed by atoms with E-state index >= 15 is 0 Å². The van der Waals surface area contributed by atoms with Gasteiger partial charge in [-0.25, -0.2) is 4.79 Å². The van der Waals surface area contributed by atoms with Crippen molar-refractivity contribution in [1.82, 2.24) is 5.32 Å². The van der Waals surface area contributed by atoms with Crippen LogP contribution in [-0.4, -0.2) is 23.5 Å². The summed E-state index contributed by atoms with van der Waals surface area (Å²) in [6.07, 6.45) is 3.68. The first-order valence-electron chi connectivity index (χ1n) is 7.41.